The Labute approximate surface area is 196 Å². The van der Waals surface area contributed by atoms with Crippen molar-refractivity contribution < 1.29 is 22.5 Å². The fourth-order valence-electron chi connectivity index (χ4n) is 3.00. The Bertz CT molecular complexity index is 1330. The van der Waals surface area contributed by atoms with Crippen LogP contribution in [0.4, 0.5) is 23.1 Å². The van der Waals surface area contributed by atoms with E-state index >= 15 is 0 Å². The molecule has 0 fully saturated rings. The topological polar surface area (TPSA) is 106 Å². The van der Waals surface area contributed by atoms with Gasteiger partial charge >= 0.3 is 12.2 Å². The molecule has 0 aliphatic heterocycles. The van der Waals surface area contributed by atoms with E-state index in [1.54, 1.807) is 18.2 Å². The number of rotatable bonds is 5. The standard InChI is InChI=1S/C22H21F3N6O2S/c1-21(2,3)18-29-17(31-33-18)6-7-27-19(32)30-20-28-15-5-4-12(9-16(15)34-20)13-8-14(11-26-10-13)22(23,24)25/h4-5,8-11H,6-7H2,1-3H3,(H2,27,28,30,32). The number of pyridine rings is 1. The largest absolute Gasteiger partial charge is 0.417 e. The van der Waals surface area contributed by atoms with Crippen LogP contribution in [0.5, 0.6) is 0 Å². The van der Waals surface area contributed by atoms with Gasteiger partial charge in [-0.25, -0.2) is 9.78 Å². The van der Waals surface area contributed by atoms with Gasteiger partial charge in [0.25, 0.3) is 0 Å². The van der Waals surface area contributed by atoms with Gasteiger partial charge in [-0.1, -0.05) is 43.3 Å². The summed E-state index contributed by atoms with van der Waals surface area (Å²) < 4.78 is 44.9. The number of nitrogens with one attached hydrogen (secondary N) is 2. The summed E-state index contributed by atoms with van der Waals surface area (Å²) in [7, 11) is 0. The summed E-state index contributed by atoms with van der Waals surface area (Å²) in [5.74, 6) is 1.03. The molecule has 0 saturated heterocycles. The lowest BCUT2D eigenvalue weighted by molar-refractivity contribution is -0.137. The van der Waals surface area contributed by atoms with Crippen molar-refractivity contribution in [2.45, 2.75) is 38.8 Å². The Hall–Kier alpha value is -3.54. The lowest BCUT2D eigenvalue weighted by atomic mass is 9.97. The molecule has 8 nitrogen and oxygen atoms in total. The maximum absolute atomic E-state index is 13.0. The molecule has 0 aliphatic rings. The molecule has 34 heavy (non-hydrogen) atoms. The molecule has 3 heterocycles. The first-order valence-corrected chi connectivity index (χ1v) is 11.1. The Morgan fingerprint density at radius 1 is 1.09 bits per heavy atom. The molecule has 0 saturated carbocycles. The third kappa shape index (κ3) is 5.50. The minimum absolute atomic E-state index is 0.250. The highest BCUT2D eigenvalue weighted by Crippen LogP contribution is 2.34. The third-order valence-corrected chi connectivity index (χ3v) is 5.69. The fourth-order valence-corrected chi connectivity index (χ4v) is 3.90. The maximum Gasteiger partial charge on any atom is 0.417 e. The van der Waals surface area contributed by atoms with Crippen LogP contribution < -0.4 is 10.6 Å². The molecule has 2 amide bonds. The van der Waals surface area contributed by atoms with Crippen LogP contribution in [0.3, 0.4) is 0 Å². The molecule has 0 radical (unpaired) electrons. The van der Waals surface area contributed by atoms with Crippen molar-refractivity contribution in [3.63, 3.8) is 0 Å². The number of anilines is 1. The molecule has 0 spiro atoms. The number of nitrogens with zero attached hydrogens (tertiary/aromatic N) is 4. The molecule has 12 heteroatoms. The number of amides is 2. The van der Waals surface area contributed by atoms with E-state index in [1.807, 2.05) is 20.8 Å². The van der Waals surface area contributed by atoms with E-state index in [1.165, 1.54) is 17.5 Å². The van der Waals surface area contributed by atoms with Crippen molar-refractivity contribution in [3.8, 4) is 11.1 Å². The van der Waals surface area contributed by atoms with Crippen LogP contribution in [0.1, 0.15) is 38.0 Å². The van der Waals surface area contributed by atoms with E-state index in [-0.39, 0.29) is 5.41 Å². The number of fused-ring (bicyclic) bond motifs is 1. The van der Waals surface area contributed by atoms with Crippen molar-refractivity contribution >= 4 is 32.7 Å². The summed E-state index contributed by atoms with van der Waals surface area (Å²) in [5.41, 5.74) is 0.462. The number of carbonyl (C=O) groups excluding carboxylic acids is 1. The predicted octanol–water partition coefficient (Wildman–Crippen LogP) is 5.42. The van der Waals surface area contributed by atoms with Gasteiger partial charge in [0, 0.05) is 36.3 Å². The molecular weight excluding hydrogens is 469 g/mol. The minimum atomic E-state index is -4.47. The molecule has 178 valence electrons. The second-order valence-electron chi connectivity index (χ2n) is 8.56. The smallest absolute Gasteiger partial charge is 0.339 e. The lowest BCUT2D eigenvalue weighted by Gasteiger charge is -2.10. The molecule has 0 aliphatic carbocycles. The molecule has 4 rings (SSSR count). The highest BCUT2D eigenvalue weighted by Gasteiger charge is 2.31. The summed E-state index contributed by atoms with van der Waals surface area (Å²) in [5, 5.41) is 9.65. The zero-order valence-electron chi connectivity index (χ0n) is 18.5. The van der Waals surface area contributed by atoms with E-state index in [2.05, 4.69) is 30.7 Å². The van der Waals surface area contributed by atoms with Gasteiger partial charge < -0.3 is 9.84 Å². The maximum atomic E-state index is 13.0. The quantitative estimate of drug-likeness (QED) is 0.387. The first kappa shape index (κ1) is 23.6. The second-order valence-corrected chi connectivity index (χ2v) is 9.59. The Morgan fingerprint density at radius 2 is 1.88 bits per heavy atom. The van der Waals surface area contributed by atoms with Gasteiger partial charge in [-0.3, -0.25) is 10.3 Å². The van der Waals surface area contributed by atoms with Gasteiger partial charge in [-0.2, -0.15) is 18.2 Å². The van der Waals surface area contributed by atoms with Crippen molar-refractivity contribution in [1.29, 1.82) is 0 Å². The number of alkyl halides is 3. The zero-order valence-corrected chi connectivity index (χ0v) is 19.3. The number of thiazole rings is 1. The summed E-state index contributed by atoms with van der Waals surface area (Å²) >= 11 is 1.21. The van der Waals surface area contributed by atoms with Gasteiger partial charge in [-0.15, -0.1) is 0 Å². The highest BCUT2D eigenvalue weighted by atomic mass is 32.1. The molecule has 2 N–H and O–H groups in total. The second kappa shape index (κ2) is 9.01. The van der Waals surface area contributed by atoms with Crippen LogP contribution in [0.25, 0.3) is 21.3 Å². The summed E-state index contributed by atoms with van der Waals surface area (Å²) in [4.78, 5) is 24.6. The fraction of sp³-hybridized carbons (Fsp3) is 0.318. The first-order valence-electron chi connectivity index (χ1n) is 10.3. The van der Waals surface area contributed by atoms with Crippen LogP contribution in [-0.4, -0.2) is 32.7 Å². The first-order chi connectivity index (χ1) is 16.0. The minimum Gasteiger partial charge on any atom is -0.339 e. The van der Waals surface area contributed by atoms with Gasteiger partial charge in [0.1, 0.15) is 0 Å². The Balaban J connectivity index is 1.38. The van der Waals surface area contributed by atoms with Crippen LogP contribution in [0.15, 0.2) is 41.2 Å². The van der Waals surface area contributed by atoms with Crippen molar-refractivity contribution in [2.24, 2.45) is 0 Å². The summed E-state index contributed by atoms with van der Waals surface area (Å²) in [6, 6.07) is 5.68. The van der Waals surface area contributed by atoms with Gasteiger partial charge in [0.05, 0.1) is 15.8 Å². The van der Waals surface area contributed by atoms with Crippen LogP contribution in [-0.2, 0) is 18.0 Å². The average Bonchev–Trinajstić information content (AvgIpc) is 3.39. The van der Waals surface area contributed by atoms with E-state index < -0.39 is 17.8 Å². The molecule has 4 aromatic rings. The average molecular weight is 491 g/mol. The summed E-state index contributed by atoms with van der Waals surface area (Å²) in [6.45, 7) is 6.20. The number of carbonyl (C=O) groups is 1. The predicted molar refractivity (Wildman–Crippen MR) is 122 cm³/mol. The Morgan fingerprint density at radius 3 is 2.59 bits per heavy atom. The zero-order chi connectivity index (χ0) is 24.5. The normalized spacial score (nSPS) is 12.2. The van der Waals surface area contributed by atoms with Crippen molar-refractivity contribution in [3.05, 3.63) is 53.9 Å². The lowest BCUT2D eigenvalue weighted by Crippen LogP contribution is -2.30. The van der Waals surface area contributed by atoms with Crippen molar-refractivity contribution in [1.82, 2.24) is 25.4 Å². The number of halogens is 3. The number of hydrogen-bond donors (Lipinski definition) is 2. The van der Waals surface area contributed by atoms with Crippen LogP contribution in [0.2, 0.25) is 0 Å². The number of aromatic nitrogens is 4. The van der Waals surface area contributed by atoms with Crippen LogP contribution >= 0.6 is 11.3 Å². The number of urea groups is 1. The summed E-state index contributed by atoms with van der Waals surface area (Å²) in [6.07, 6.45) is -1.91. The van der Waals surface area contributed by atoms with Gasteiger partial charge in [0.2, 0.25) is 5.89 Å². The van der Waals surface area contributed by atoms with Crippen LogP contribution in [0, 0.1) is 0 Å². The van der Waals surface area contributed by atoms with E-state index in [0.717, 1.165) is 12.3 Å². The van der Waals surface area contributed by atoms with Gasteiger partial charge in [0.15, 0.2) is 11.0 Å². The van der Waals surface area contributed by atoms with Crippen molar-refractivity contribution in [2.75, 3.05) is 11.9 Å². The molecule has 0 unspecified atom stereocenters. The Kier molecular flexibility index (Phi) is 6.26. The number of hydrogen-bond acceptors (Lipinski definition) is 7. The third-order valence-electron chi connectivity index (χ3n) is 4.75. The monoisotopic (exact) mass is 490 g/mol. The highest BCUT2D eigenvalue weighted by molar-refractivity contribution is 7.22. The number of benzene rings is 1. The van der Waals surface area contributed by atoms with Gasteiger partial charge in [-0.05, 0) is 23.8 Å². The SMILES string of the molecule is CC(C)(C)c1nc(CCNC(=O)Nc2nc3ccc(-c4cncc(C(F)(F)F)c4)cc3s2)no1. The molecular formula is C22H21F3N6O2S. The van der Waals surface area contributed by atoms with E-state index in [0.29, 0.717) is 51.2 Å². The molecule has 0 atom stereocenters. The molecule has 3 aromatic heterocycles. The molecule has 0 bridgehead atoms. The molecule has 1 aromatic carbocycles. The van der Waals surface area contributed by atoms with E-state index in [9.17, 15) is 18.0 Å². The van der Waals surface area contributed by atoms with E-state index in [4.69, 9.17) is 4.52 Å².